The Bertz CT molecular complexity index is 823. The number of nitrogens with zero attached hydrogens (tertiary/aromatic N) is 5. The van der Waals surface area contributed by atoms with Crippen molar-refractivity contribution in [2.75, 3.05) is 19.6 Å². The highest BCUT2D eigenvalue weighted by Crippen LogP contribution is 2.41. The quantitative estimate of drug-likeness (QED) is 0.812. The topological polar surface area (TPSA) is 75.9 Å². The van der Waals surface area contributed by atoms with E-state index in [1.54, 1.807) is 0 Å². The minimum Gasteiger partial charge on any atom is -0.349 e. The highest BCUT2D eigenvalue weighted by molar-refractivity contribution is 5.90. The summed E-state index contributed by atoms with van der Waals surface area (Å²) in [7, 11) is 0. The van der Waals surface area contributed by atoms with E-state index in [1.165, 1.54) is 0 Å². The Kier molecular flexibility index (Phi) is 5.94. The van der Waals surface area contributed by atoms with Crippen LogP contribution >= 0.6 is 0 Å². The SMILES string of the molecule is CC(C)CCNC(=O)c1nnc2n1CC1(CC2)CCN(Cc2ccccn2)CC1. The molecule has 0 radical (unpaired) electrons. The summed E-state index contributed by atoms with van der Waals surface area (Å²) in [6, 6.07) is 6.11. The van der Waals surface area contributed by atoms with Gasteiger partial charge in [0, 0.05) is 32.3 Å². The van der Waals surface area contributed by atoms with Gasteiger partial charge in [-0.15, -0.1) is 10.2 Å². The first-order chi connectivity index (χ1) is 14.0. The fourth-order valence-corrected chi connectivity index (χ4v) is 4.51. The number of nitrogens with one attached hydrogen (secondary N) is 1. The first-order valence-electron chi connectivity index (χ1n) is 10.9. The molecule has 2 aromatic heterocycles. The van der Waals surface area contributed by atoms with E-state index in [0.717, 1.165) is 69.8 Å². The Hall–Kier alpha value is -2.28. The van der Waals surface area contributed by atoms with Crippen LogP contribution in [0.15, 0.2) is 24.4 Å². The Morgan fingerprint density at radius 2 is 2.03 bits per heavy atom. The van der Waals surface area contributed by atoms with Crippen molar-refractivity contribution in [2.45, 2.75) is 59.0 Å². The maximum absolute atomic E-state index is 12.6. The maximum atomic E-state index is 12.6. The number of amides is 1. The molecule has 2 aromatic rings. The van der Waals surface area contributed by atoms with Crippen molar-refractivity contribution in [3.63, 3.8) is 0 Å². The van der Waals surface area contributed by atoms with Crippen molar-refractivity contribution < 1.29 is 4.79 Å². The fraction of sp³-hybridized carbons (Fsp3) is 0.636. The number of fused-ring (bicyclic) bond motifs is 1. The molecule has 0 unspecified atom stereocenters. The summed E-state index contributed by atoms with van der Waals surface area (Å²) < 4.78 is 2.09. The summed E-state index contributed by atoms with van der Waals surface area (Å²) in [5.74, 6) is 1.93. The zero-order valence-corrected chi connectivity index (χ0v) is 17.6. The number of pyridine rings is 1. The highest BCUT2D eigenvalue weighted by Gasteiger charge is 2.39. The monoisotopic (exact) mass is 396 g/mol. The van der Waals surface area contributed by atoms with Gasteiger partial charge in [-0.25, -0.2) is 0 Å². The second kappa shape index (κ2) is 8.61. The van der Waals surface area contributed by atoms with Gasteiger partial charge < -0.3 is 9.88 Å². The Morgan fingerprint density at radius 3 is 2.76 bits per heavy atom. The summed E-state index contributed by atoms with van der Waals surface area (Å²) in [5.41, 5.74) is 1.39. The van der Waals surface area contributed by atoms with Crippen molar-refractivity contribution in [1.82, 2.24) is 30.0 Å². The van der Waals surface area contributed by atoms with Gasteiger partial charge in [-0.3, -0.25) is 14.7 Å². The lowest BCUT2D eigenvalue weighted by Crippen LogP contribution is -2.45. The van der Waals surface area contributed by atoms with Crippen LogP contribution in [0.2, 0.25) is 0 Å². The van der Waals surface area contributed by atoms with Gasteiger partial charge in [-0.2, -0.15) is 0 Å². The van der Waals surface area contributed by atoms with E-state index < -0.39 is 0 Å². The standard InChI is InChI=1S/C22H32N6O/c1-17(2)7-12-24-21(29)20-26-25-19-6-8-22(16-28(19)20)9-13-27(14-10-22)15-18-5-3-4-11-23-18/h3-5,11,17H,6-10,12-16H2,1-2H3,(H,24,29). The maximum Gasteiger partial charge on any atom is 0.289 e. The molecule has 2 aliphatic heterocycles. The molecule has 29 heavy (non-hydrogen) atoms. The summed E-state index contributed by atoms with van der Waals surface area (Å²) in [5, 5.41) is 11.5. The van der Waals surface area contributed by atoms with Gasteiger partial charge in [0.25, 0.3) is 5.91 Å². The minimum absolute atomic E-state index is 0.0889. The number of rotatable bonds is 6. The molecule has 7 heteroatoms. The number of piperidine rings is 1. The molecule has 0 saturated carbocycles. The molecular formula is C22H32N6O. The van der Waals surface area contributed by atoms with Gasteiger partial charge in [0.1, 0.15) is 5.82 Å². The smallest absolute Gasteiger partial charge is 0.289 e. The van der Waals surface area contributed by atoms with Crippen molar-refractivity contribution >= 4 is 5.91 Å². The predicted molar refractivity (Wildman–Crippen MR) is 111 cm³/mol. The van der Waals surface area contributed by atoms with E-state index in [1.807, 2.05) is 12.3 Å². The lowest BCUT2D eigenvalue weighted by molar-refractivity contribution is 0.0612. The number of carbonyl (C=O) groups is 1. The second-order valence-electron chi connectivity index (χ2n) is 9.06. The first-order valence-corrected chi connectivity index (χ1v) is 10.9. The largest absolute Gasteiger partial charge is 0.349 e. The zero-order valence-electron chi connectivity index (χ0n) is 17.6. The third-order valence-corrected chi connectivity index (χ3v) is 6.44. The lowest BCUT2D eigenvalue weighted by atomic mass is 9.73. The molecule has 0 bridgehead atoms. The number of carbonyl (C=O) groups excluding carboxylic acids is 1. The fourth-order valence-electron chi connectivity index (χ4n) is 4.51. The normalized spacial score (nSPS) is 18.7. The molecule has 1 spiro atoms. The van der Waals surface area contributed by atoms with E-state index >= 15 is 0 Å². The molecule has 0 aromatic carbocycles. The van der Waals surface area contributed by atoms with Crippen LogP contribution in [0.25, 0.3) is 0 Å². The summed E-state index contributed by atoms with van der Waals surface area (Å²) in [6.45, 7) is 8.93. The molecule has 7 nitrogen and oxygen atoms in total. The van der Waals surface area contributed by atoms with E-state index in [4.69, 9.17) is 0 Å². The van der Waals surface area contributed by atoms with Gasteiger partial charge in [-0.1, -0.05) is 19.9 Å². The number of aryl methyl sites for hydroxylation is 1. The molecular weight excluding hydrogens is 364 g/mol. The Balaban J connectivity index is 1.37. The third-order valence-electron chi connectivity index (χ3n) is 6.44. The van der Waals surface area contributed by atoms with E-state index in [9.17, 15) is 4.79 Å². The van der Waals surface area contributed by atoms with E-state index in [2.05, 4.69) is 55.9 Å². The molecule has 1 fully saturated rings. The van der Waals surface area contributed by atoms with E-state index in [-0.39, 0.29) is 11.3 Å². The summed E-state index contributed by atoms with van der Waals surface area (Å²) in [4.78, 5) is 19.6. The van der Waals surface area contributed by atoms with Crippen LogP contribution in [0.5, 0.6) is 0 Å². The average molecular weight is 397 g/mol. The molecule has 1 saturated heterocycles. The van der Waals surface area contributed by atoms with Crippen molar-refractivity contribution in [2.24, 2.45) is 11.3 Å². The van der Waals surface area contributed by atoms with Crippen molar-refractivity contribution in [3.8, 4) is 0 Å². The zero-order chi connectivity index (χ0) is 20.3. The lowest BCUT2D eigenvalue weighted by Gasteiger charge is -2.44. The van der Waals surface area contributed by atoms with Gasteiger partial charge >= 0.3 is 0 Å². The van der Waals surface area contributed by atoms with Crippen LogP contribution in [-0.2, 0) is 19.5 Å². The number of hydrogen-bond acceptors (Lipinski definition) is 5. The number of hydrogen-bond donors (Lipinski definition) is 1. The predicted octanol–water partition coefficient (Wildman–Crippen LogP) is 2.68. The number of likely N-dealkylation sites (tertiary alicyclic amines) is 1. The average Bonchev–Trinajstić information content (AvgIpc) is 3.13. The molecule has 4 rings (SSSR count). The Labute approximate surface area is 172 Å². The van der Waals surface area contributed by atoms with E-state index in [0.29, 0.717) is 18.3 Å². The summed E-state index contributed by atoms with van der Waals surface area (Å²) in [6.07, 6.45) is 7.17. The highest BCUT2D eigenvalue weighted by atomic mass is 16.2. The van der Waals surface area contributed by atoms with Crippen LogP contribution in [0, 0.1) is 11.3 Å². The molecule has 1 amide bonds. The minimum atomic E-state index is -0.0889. The van der Waals surface area contributed by atoms with Gasteiger partial charge in [0.2, 0.25) is 5.82 Å². The third kappa shape index (κ3) is 4.66. The molecule has 0 aliphatic carbocycles. The molecule has 2 aliphatic rings. The molecule has 0 atom stereocenters. The second-order valence-corrected chi connectivity index (χ2v) is 9.06. The van der Waals surface area contributed by atoms with Crippen LogP contribution in [0.4, 0.5) is 0 Å². The number of aromatic nitrogens is 4. The van der Waals surface area contributed by atoms with Crippen molar-refractivity contribution in [3.05, 3.63) is 41.7 Å². The van der Waals surface area contributed by atoms with Crippen LogP contribution in [0.3, 0.4) is 0 Å². The van der Waals surface area contributed by atoms with Gasteiger partial charge in [0.15, 0.2) is 0 Å². The summed E-state index contributed by atoms with van der Waals surface area (Å²) >= 11 is 0. The molecule has 156 valence electrons. The van der Waals surface area contributed by atoms with Crippen LogP contribution in [-0.4, -0.2) is 50.2 Å². The molecule has 4 heterocycles. The van der Waals surface area contributed by atoms with Crippen LogP contribution in [0.1, 0.15) is 61.7 Å². The van der Waals surface area contributed by atoms with Crippen molar-refractivity contribution in [1.29, 1.82) is 0 Å². The van der Waals surface area contributed by atoms with Gasteiger partial charge in [-0.05, 0) is 62.2 Å². The molecule has 1 N–H and O–H groups in total. The van der Waals surface area contributed by atoms with Crippen LogP contribution < -0.4 is 5.32 Å². The first kappa shape index (κ1) is 20.0. The Morgan fingerprint density at radius 1 is 1.21 bits per heavy atom. The van der Waals surface area contributed by atoms with Gasteiger partial charge in [0.05, 0.1) is 5.69 Å².